The first-order valence-electron chi connectivity index (χ1n) is 5.24. The van der Waals surface area contributed by atoms with Gasteiger partial charge in [-0.2, -0.15) is 0 Å². The number of aliphatic carboxylic acids is 1. The Labute approximate surface area is 102 Å². The topological polar surface area (TPSA) is 72.8 Å². The van der Waals surface area contributed by atoms with Gasteiger partial charge in [0.2, 0.25) is 0 Å². The molecule has 0 aromatic rings. The van der Waals surface area contributed by atoms with Gasteiger partial charge in [-0.3, -0.25) is 0 Å². The standard InChI is InChI=1S/C9H16O3.C3H4O2/c1-4-9(10)12-7-6-8(3)11-5-2;1-2-3(4)5/h4,8H,1,5-7H2,2-3H3;2H,1H2,(H,4,5). The number of rotatable bonds is 7. The molecule has 1 N–H and O–H groups in total. The molecule has 0 saturated heterocycles. The van der Waals surface area contributed by atoms with Crippen molar-refractivity contribution < 1.29 is 24.2 Å². The maximum absolute atomic E-state index is 10.6. The SMILES string of the molecule is C=CC(=O)O.C=CC(=O)OCCC(C)OCC. The van der Waals surface area contributed by atoms with Gasteiger partial charge in [0.15, 0.2) is 0 Å². The Hall–Kier alpha value is -1.62. The lowest BCUT2D eigenvalue weighted by Gasteiger charge is -2.10. The zero-order valence-corrected chi connectivity index (χ0v) is 10.3. The number of carboxylic acids is 1. The third-order valence-corrected chi connectivity index (χ3v) is 1.56. The zero-order valence-electron chi connectivity index (χ0n) is 10.3. The van der Waals surface area contributed by atoms with Crippen LogP contribution in [-0.4, -0.2) is 36.4 Å². The molecule has 17 heavy (non-hydrogen) atoms. The van der Waals surface area contributed by atoms with Crippen molar-refractivity contribution in [2.45, 2.75) is 26.4 Å². The van der Waals surface area contributed by atoms with E-state index in [1.54, 1.807) is 0 Å². The second-order valence-corrected chi connectivity index (χ2v) is 2.97. The minimum Gasteiger partial charge on any atom is -0.478 e. The molecule has 0 fully saturated rings. The maximum atomic E-state index is 10.6. The largest absolute Gasteiger partial charge is 0.478 e. The van der Waals surface area contributed by atoms with Gasteiger partial charge >= 0.3 is 11.9 Å². The first-order chi connectivity index (χ1) is 7.97. The quantitative estimate of drug-likeness (QED) is 0.546. The van der Waals surface area contributed by atoms with Crippen molar-refractivity contribution in [3.05, 3.63) is 25.3 Å². The van der Waals surface area contributed by atoms with Crippen LogP contribution in [0.2, 0.25) is 0 Å². The normalized spacial score (nSPS) is 10.5. The Balaban J connectivity index is 0. The fraction of sp³-hybridized carbons (Fsp3) is 0.500. The van der Waals surface area contributed by atoms with Gasteiger partial charge in [-0.1, -0.05) is 13.2 Å². The summed E-state index contributed by atoms with van der Waals surface area (Å²) in [4.78, 5) is 19.8. The molecular formula is C12H20O5. The number of carbonyl (C=O) groups is 2. The zero-order chi connectivity index (χ0) is 13.7. The maximum Gasteiger partial charge on any atom is 0.330 e. The summed E-state index contributed by atoms with van der Waals surface area (Å²) in [6.45, 7) is 11.2. The van der Waals surface area contributed by atoms with Crippen LogP contribution in [0.3, 0.4) is 0 Å². The highest BCUT2D eigenvalue weighted by Gasteiger charge is 2.01. The fourth-order valence-electron chi connectivity index (χ4n) is 0.752. The Kier molecular flexibility index (Phi) is 13.0. The predicted molar refractivity (Wildman–Crippen MR) is 64.7 cm³/mol. The van der Waals surface area contributed by atoms with E-state index in [-0.39, 0.29) is 12.1 Å². The summed E-state index contributed by atoms with van der Waals surface area (Å²) < 4.78 is 10.0. The summed E-state index contributed by atoms with van der Waals surface area (Å²) >= 11 is 0. The van der Waals surface area contributed by atoms with Gasteiger partial charge in [-0.15, -0.1) is 0 Å². The molecule has 0 aromatic heterocycles. The number of hydrogen-bond donors (Lipinski definition) is 1. The van der Waals surface area contributed by atoms with Crippen LogP contribution in [0.4, 0.5) is 0 Å². The number of carbonyl (C=O) groups excluding carboxylic acids is 1. The Morgan fingerprint density at radius 2 is 1.88 bits per heavy atom. The van der Waals surface area contributed by atoms with Gasteiger partial charge in [-0.25, -0.2) is 9.59 Å². The molecule has 98 valence electrons. The van der Waals surface area contributed by atoms with Crippen molar-refractivity contribution in [2.24, 2.45) is 0 Å². The summed E-state index contributed by atoms with van der Waals surface area (Å²) in [7, 11) is 0. The summed E-state index contributed by atoms with van der Waals surface area (Å²) in [6, 6.07) is 0. The van der Waals surface area contributed by atoms with Crippen LogP contribution in [0.25, 0.3) is 0 Å². The van der Waals surface area contributed by atoms with Crippen molar-refractivity contribution in [1.29, 1.82) is 0 Å². The number of esters is 1. The first-order valence-corrected chi connectivity index (χ1v) is 5.24. The molecule has 1 unspecified atom stereocenters. The van der Waals surface area contributed by atoms with E-state index in [4.69, 9.17) is 14.6 Å². The average Bonchev–Trinajstić information content (AvgIpc) is 2.29. The van der Waals surface area contributed by atoms with Gasteiger partial charge in [0.25, 0.3) is 0 Å². The Morgan fingerprint density at radius 1 is 1.35 bits per heavy atom. The summed E-state index contributed by atoms with van der Waals surface area (Å²) in [5.74, 6) is -1.36. The Bertz CT molecular complexity index is 247. The van der Waals surface area contributed by atoms with Crippen molar-refractivity contribution in [3.8, 4) is 0 Å². The van der Waals surface area contributed by atoms with Crippen molar-refractivity contribution in [2.75, 3.05) is 13.2 Å². The summed E-state index contributed by atoms with van der Waals surface area (Å²) in [6.07, 6.45) is 2.87. The molecule has 0 radical (unpaired) electrons. The highest BCUT2D eigenvalue weighted by Crippen LogP contribution is 1.97. The van der Waals surface area contributed by atoms with Crippen molar-refractivity contribution in [1.82, 2.24) is 0 Å². The monoisotopic (exact) mass is 244 g/mol. The molecule has 0 aliphatic carbocycles. The third kappa shape index (κ3) is 17.0. The Morgan fingerprint density at radius 3 is 2.24 bits per heavy atom. The molecule has 5 heteroatoms. The molecule has 0 spiro atoms. The number of ether oxygens (including phenoxy) is 2. The van der Waals surface area contributed by atoms with Gasteiger partial charge in [-0.05, 0) is 13.8 Å². The molecule has 0 aromatic carbocycles. The molecule has 1 atom stereocenters. The van der Waals surface area contributed by atoms with Crippen LogP contribution >= 0.6 is 0 Å². The van der Waals surface area contributed by atoms with Gasteiger partial charge < -0.3 is 14.6 Å². The van der Waals surface area contributed by atoms with Crippen molar-refractivity contribution in [3.63, 3.8) is 0 Å². The average molecular weight is 244 g/mol. The number of carboxylic acid groups (broad SMARTS) is 1. The molecule has 0 amide bonds. The number of hydrogen-bond acceptors (Lipinski definition) is 4. The van der Waals surface area contributed by atoms with E-state index in [0.717, 1.165) is 18.6 Å². The lowest BCUT2D eigenvalue weighted by atomic mass is 10.3. The lowest BCUT2D eigenvalue weighted by molar-refractivity contribution is -0.138. The molecule has 0 heterocycles. The molecular weight excluding hydrogens is 224 g/mol. The van der Waals surface area contributed by atoms with E-state index < -0.39 is 5.97 Å². The van der Waals surface area contributed by atoms with Gasteiger partial charge in [0.1, 0.15) is 0 Å². The predicted octanol–water partition coefficient (Wildman–Crippen LogP) is 1.79. The summed E-state index contributed by atoms with van der Waals surface area (Å²) in [5, 5.41) is 7.60. The van der Waals surface area contributed by atoms with Gasteiger partial charge in [0, 0.05) is 25.2 Å². The minimum absolute atomic E-state index is 0.146. The molecule has 5 nitrogen and oxygen atoms in total. The van der Waals surface area contributed by atoms with Crippen LogP contribution in [-0.2, 0) is 19.1 Å². The van der Waals surface area contributed by atoms with Crippen LogP contribution < -0.4 is 0 Å². The van der Waals surface area contributed by atoms with E-state index in [1.807, 2.05) is 13.8 Å². The van der Waals surface area contributed by atoms with Crippen LogP contribution in [0.5, 0.6) is 0 Å². The van der Waals surface area contributed by atoms with Crippen LogP contribution in [0, 0.1) is 0 Å². The van der Waals surface area contributed by atoms with E-state index in [0.29, 0.717) is 13.2 Å². The van der Waals surface area contributed by atoms with Crippen LogP contribution in [0.1, 0.15) is 20.3 Å². The van der Waals surface area contributed by atoms with E-state index in [2.05, 4.69) is 13.2 Å². The second kappa shape index (κ2) is 12.4. The molecule has 0 bridgehead atoms. The van der Waals surface area contributed by atoms with E-state index in [1.165, 1.54) is 0 Å². The summed E-state index contributed by atoms with van der Waals surface area (Å²) in [5.41, 5.74) is 0. The lowest BCUT2D eigenvalue weighted by Crippen LogP contribution is -2.12. The van der Waals surface area contributed by atoms with Gasteiger partial charge in [0.05, 0.1) is 12.7 Å². The molecule has 0 aliphatic rings. The second-order valence-electron chi connectivity index (χ2n) is 2.97. The highest BCUT2D eigenvalue weighted by molar-refractivity contribution is 5.81. The highest BCUT2D eigenvalue weighted by atomic mass is 16.5. The van der Waals surface area contributed by atoms with E-state index >= 15 is 0 Å². The van der Waals surface area contributed by atoms with Crippen LogP contribution in [0.15, 0.2) is 25.3 Å². The third-order valence-electron chi connectivity index (χ3n) is 1.56. The fourth-order valence-corrected chi connectivity index (χ4v) is 0.752. The molecule has 0 aliphatic heterocycles. The van der Waals surface area contributed by atoms with Crippen molar-refractivity contribution >= 4 is 11.9 Å². The first kappa shape index (κ1) is 17.8. The smallest absolute Gasteiger partial charge is 0.330 e. The molecule has 0 rings (SSSR count). The molecule has 0 saturated carbocycles. The van der Waals surface area contributed by atoms with E-state index in [9.17, 15) is 9.59 Å². The minimum atomic E-state index is -0.981.